The molecule has 0 amide bonds. The van der Waals surface area contributed by atoms with Crippen LogP contribution in [0.2, 0.25) is 0 Å². The van der Waals surface area contributed by atoms with Crippen molar-refractivity contribution < 1.29 is 9.47 Å². The molecule has 2 N–H and O–H groups in total. The maximum atomic E-state index is 5.94. The minimum absolute atomic E-state index is 0. The molecule has 6 nitrogen and oxygen atoms in total. The zero-order valence-electron chi connectivity index (χ0n) is 16.4. The Morgan fingerprint density at radius 2 is 1.76 bits per heavy atom. The van der Waals surface area contributed by atoms with E-state index in [0.29, 0.717) is 6.10 Å². The summed E-state index contributed by atoms with van der Waals surface area (Å²) in [5, 5.41) is 6.71. The maximum Gasteiger partial charge on any atom is 0.191 e. The molecule has 150 valence electrons. The molecule has 0 atom stereocenters. The molecule has 0 aromatic rings. The van der Waals surface area contributed by atoms with Gasteiger partial charge in [0.05, 0.1) is 6.10 Å². The van der Waals surface area contributed by atoms with E-state index >= 15 is 0 Å². The van der Waals surface area contributed by atoms with Gasteiger partial charge in [0, 0.05) is 53.6 Å². The lowest BCUT2D eigenvalue weighted by Crippen LogP contribution is -2.41. The van der Waals surface area contributed by atoms with Gasteiger partial charge >= 0.3 is 0 Å². The number of nitrogens with zero attached hydrogens (tertiary/aromatic N) is 2. The Kier molecular flexibility index (Phi) is 17.2. The summed E-state index contributed by atoms with van der Waals surface area (Å²) in [5.74, 6) is 0.873. The van der Waals surface area contributed by atoms with Crippen molar-refractivity contribution in [2.75, 3.05) is 60.6 Å². The Hall–Kier alpha value is -0.120. The topological polar surface area (TPSA) is 58.1 Å². The molecule has 1 fully saturated rings. The first kappa shape index (κ1) is 24.9. The van der Waals surface area contributed by atoms with E-state index in [9.17, 15) is 0 Å². The van der Waals surface area contributed by atoms with E-state index in [-0.39, 0.29) is 24.0 Å². The molecule has 0 heterocycles. The number of ether oxygens (including phenoxy) is 2. The third-order valence-corrected chi connectivity index (χ3v) is 4.42. The average molecular weight is 470 g/mol. The first-order valence-electron chi connectivity index (χ1n) is 9.50. The summed E-state index contributed by atoms with van der Waals surface area (Å²) < 4.78 is 11.0. The van der Waals surface area contributed by atoms with Crippen LogP contribution in [-0.4, -0.2) is 77.6 Å². The van der Waals surface area contributed by atoms with Crippen molar-refractivity contribution >= 4 is 29.9 Å². The summed E-state index contributed by atoms with van der Waals surface area (Å²) in [7, 11) is 5.70. The third kappa shape index (κ3) is 13.7. The molecule has 1 saturated carbocycles. The first-order chi connectivity index (χ1) is 11.8. The van der Waals surface area contributed by atoms with Crippen molar-refractivity contribution in [3.63, 3.8) is 0 Å². The molecule has 0 aromatic heterocycles. The fourth-order valence-corrected chi connectivity index (χ4v) is 2.94. The predicted octanol–water partition coefficient (Wildman–Crippen LogP) is 2.48. The molecule has 0 bridgehead atoms. The van der Waals surface area contributed by atoms with Gasteiger partial charge in [0.2, 0.25) is 0 Å². The fraction of sp³-hybridized carbons (Fsp3) is 0.944. The standard InChI is InChI=1S/C18H38N4O2.HI/c1-19-18(21-12-14-22(2)13-8-15-23-3)20-11-7-16-24-17-9-5-4-6-10-17;/h17H,4-16H2,1-3H3,(H2,19,20,21);1H. The number of halogens is 1. The van der Waals surface area contributed by atoms with Gasteiger partial charge in [-0.3, -0.25) is 4.99 Å². The van der Waals surface area contributed by atoms with Gasteiger partial charge in [-0.1, -0.05) is 19.3 Å². The molecule has 0 unspecified atom stereocenters. The van der Waals surface area contributed by atoms with Crippen molar-refractivity contribution in [2.24, 2.45) is 4.99 Å². The zero-order chi connectivity index (χ0) is 17.5. The number of guanidine groups is 1. The molecule has 0 aliphatic heterocycles. The zero-order valence-corrected chi connectivity index (χ0v) is 18.7. The Morgan fingerprint density at radius 1 is 1.04 bits per heavy atom. The molecule has 0 saturated heterocycles. The van der Waals surface area contributed by atoms with Crippen LogP contribution in [0.5, 0.6) is 0 Å². The van der Waals surface area contributed by atoms with Crippen LogP contribution in [0.25, 0.3) is 0 Å². The lowest BCUT2D eigenvalue weighted by molar-refractivity contribution is 0.0277. The molecule has 1 rings (SSSR count). The summed E-state index contributed by atoms with van der Waals surface area (Å²) in [5.41, 5.74) is 0. The van der Waals surface area contributed by atoms with Crippen molar-refractivity contribution in [3.8, 4) is 0 Å². The SMILES string of the molecule is CN=C(NCCCOC1CCCCC1)NCCN(C)CCCOC.I. The number of rotatable bonds is 12. The highest BCUT2D eigenvalue weighted by atomic mass is 127. The fourth-order valence-electron chi connectivity index (χ4n) is 2.94. The lowest BCUT2D eigenvalue weighted by Gasteiger charge is -2.22. The highest BCUT2D eigenvalue weighted by Crippen LogP contribution is 2.20. The minimum Gasteiger partial charge on any atom is -0.385 e. The Morgan fingerprint density at radius 3 is 2.44 bits per heavy atom. The highest BCUT2D eigenvalue weighted by Gasteiger charge is 2.12. The monoisotopic (exact) mass is 470 g/mol. The van der Waals surface area contributed by atoms with Crippen LogP contribution >= 0.6 is 24.0 Å². The summed E-state index contributed by atoms with van der Waals surface area (Å²) in [6, 6.07) is 0. The molecular weight excluding hydrogens is 431 g/mol. The molecule has 1 aliphatic carbocycles. The smallest absolute Gasteiger partial charge is 0.191 e. The summed E-state index contributed by atoms with van der Waals surface area (Å²) in [4.78, 5) is 6.57. The normalized spacial score (nSPS) is 15.9. The number of likely N-dealkylation sites (N-methyl/N-ethyl adjacent to an activating group) is 1. The second-order valence-corrected chi connectivity index (χ2v) is 6.56. The van der Waals surface area contributed by atoms with Gasteiger partial charge in [0.1, 0.15) is 0 Å². The summed E-state index contributed by atoms with van der Waals surface area (Å²) >= 11 is 0. The largest absolute Gasteiger partial charge is 0.385 e. The molecule has 25 heavy (non-hydrogen) atoms. The molecular formula is C18H39IN4O2. The molecule has 1 aliphatic rings. The number of methoxy groups -OCH3 is 1. The van der Waals surface area contributed by atoms with Crippen LogP contribution in [0.3, 0.4) is 0 Å². The van der Waals surface area contributed by atoms with Gasteiger partial charge in [0.25, 0.3) is 0 Å². The van der Waals surface area contributed by atoms with Crippen LogP contribution in [0.15, 0.2) is 4.99 Å². The Balaban J connectivity index is 0.00000576. The van der Waals surface area contributed by atoms with Gasteiger partial charge in [0.15, 0.2) is 5.96 Å². The quantitative estimate of drug-likeness (QED) is 0.199. The number of aliphatic imine (C=N–C) groups is 1. The van der Waals surface area contributed by atoms with Gasteiger partial charge in [-0.05, 0) is 32.7 Å². The molecule has 0 spiro atoms. The Labute approximate surface area is 171 Å². The second-order valence-electron chi connectivity index (χ2n) is 6.56. The first-order valence-corrected chi connectivity index (χ1v) is 9.50. The van der Waals surface area contributed by atoms with Gasteiger partial charge in [-0.15, -0.1) is 24.0 Å². The van der Waals surface area contributed by atoms with Crippen LogP contribution in [0, 0.1) is 0 Å². The van der Waals surface area contributed by atoms with Gasteiger partial charge < -0.3 is 25.0 Å². The molecule has 0 aromatic carbocycles. The minimum atomic E-state index is 0. The van der Waals surface area contributed by atoms with E-state index < -0.39 is 0 Å². The number of hydrogen-bond acceptors (Lipinski definition) is 4. The van der Waals surface area contributed by atoms with Crippen molar-refractivity contribution in [1.29, 1.82) is 0 Å². The maximum absolute atomic E-state index is 5.94. The van der Waals surface area contributed by atoms with Crippen molar-refractivity contribution in [2.45, 2.75) is 51.0 Å². The summed E-state index contributed by atoms with van der Waals surface area (Å²) in [6.07, 6.45) is 9.13. The van der Waals surface area contributed by atoms with E-state index in [1.165, 1.54) is 32.1 Å². The Bertz CT molecular complexity index is 326. The third-order valence-electron chi connectivity index (χ3n) is 4.42. The molecule has 0 radical (unpaired) electrons. The van der Waals surface area contributed by atoms with Crippen molar-refractivity contribution in [1.82, 2.24) is 15.5 Å². The van der Waals surface area contributed by atoms with E-state index in [0.717, 1.165) is 58.2 Å². The number of nitrogens with one attached hydrogen (secondary N) is 2. The van der Waals surface area contributed by atoms with Crippen LogP contribution in [0.4, 0.5) is 0 Å². The van der Waals surface area contributed by atoms with E-state index in [1.54, 1.807) is 7.11 Å². The number of hydrogen-bond donors (Lipinski definition) is 2. The van der Waals surface area contributed by atoms with Crippen LogP contribution in [-0.2, 0) is 9.47 Å². The van der Waals surface area contributed by atoms with Crippen molar-refractivity contribution in [3.05, 3.63) is 0 Å². The van der Waals surface area contributed by atoms with E-state index in [2.05, 4.69) is 27.6 Å². The van der Waals surface area contributed by atoms with Gasteiger partial charge in [-0.25, -0.2) is 0 Å². The predicted molar refractivity (Wildman–Crippen MR) is 116 cm³/mol. The average Bonchev–Trinajstić information content (AvgIpc) is 2.61. The highest BCUT2D eigenvalue weighted by molar-refractivity contribution is 14.0. The lowest BCUT2D eigenvalue weighted by atomic mass is 9.98. The second kappa shape index (κ2) is 17.3. The summed E-state index contributed by atoms with van der Waals surface area (Å²) in [6.45, 7) is 5.51. The van der Waals surface area contributed by atoms with Gasteiger partial charge in [-0.2, -0.15) is 0 Å². The van der Waals surface area contributed by atoms with Crippen LogP contribution < -0.4 is 10.6 Å². The van der Waals surface area contributed by atoms with Crippen LogP contribution in [0.1, 0.15) is 44.9 Å². The van der Waals surface area contributed by atoms with E-state index in [4.69, 9.17) is 9.47 Å². The molecule has 7 heteroatoms. The van der Waals surface area contributed by atoms with E-state index in [1.807, 2.05) is 7.05 Å².